The first-order valence-electron chi connectivity index (χ1n) is 6.78. The maximum absolute atomic E-state index is 12.7. The molecule has 1 saturated heterocycles. The first-order valence-corrected chi connectivity index (χ1v) is 6.78. The minimum Gasteiger partial charge on any atom is -0.496 e. The molecule has 0 saturated carbocycles. The van der Waals surface area contributed by atoms with E-state index in [9.17, 15) is 9.59 Å². The number of methoxy groups -OCH3 is 1. The average molecular weight is 293 g/mol. The predicted octanol–water partition coefficient (Wildman–Crippen LogP) is 1.32. The van der Waals surface area contributed by atoms with Crippen LogP contribution in [0.15, 0.2) is 18.2 Å². The number of aliphatic carboxylic acids is 1. The number of carboxylic acid groups (broad SMARTS) is 1. The van der Waals surface area contributed by atoms with Gasteiger partial charge >= 0.3 is 5.97 Å². The zero-order valence-corrected chi connectivity index (χ0v) is 12.2. The highest BCUT2D eigenvalue weighted by molar-refractivity contribution is 5.97. The molecule has 0 radical (unpaired) electrons. The van der Waals surface area contributed by atoms with E-state index in [0.29, 0.717) is 24.5 Å². The maximum Gasteiger partial charge on any atom is 0.305 e. The van der Waals surface area contributed by atoms with Crippen LogP contribution < -0.4 is 4.74 Å². The molecule has 1 aromatic rings. The fraction of sp³-hybridized carbons (Fsp3) is 0.467. The Morgan fingerprint density at radius 1 is 1.48 bits per heavy atom. The van der Waals surface area contributed by atoms with E-state index >= 15 is 0 Å². The fourth-order valence-corrected chi connectivity index (χ4v) is 2.44. The van der Waals surface area contributed by atoms with Crippen LogP contribution in [0.25, 0.3) is 0 Å². The minimum absolute atomic E-state index is 0.125. The van der Waals surface area contributed by atoms with Gasteiger partial charge in [-0.1, -0.05) is 11.6 Å². The summed E-state index contributed by atoms with van der Waals surface area (Å²) < 4.78 is 10.5. The van der Waals surface area contributed by atoms with Gasteiger partial charge in [0.1, 0.15) is 5.75 Å². The van der Waals surface area contributed by atoms with Gasteiger partial charge in [0, 0.05) is 6.54 Å². The number of ether oxygens (including phenoxy) is 2. The summed E-state index contributed by atoms with van der Waals surface area (Å²) in [6, 6.07) is 4.92. The van der Waals surface area contributed by atoms with Crippen molar-refractivity contribution in [3.63, 3.8) is 0 Å². The molecule has 1 amide bonds. The normalized spacial score (nSPS) is 18.4. The van der Waals surface area contributed by atoms with E-state index in [1.807, 2.05) is 13.0 Å². The van der Waals surface area contributed by atoms with Crippen molar-refractivity contribution >= 4 is 11.9 Å². The van der Waals surface area contributed by atoms with Crippen molar-refractivity contribution in [1.29, 1.82) is 0 Å². The Morgan fingerprint density at radius 2 is 2.24 bits per heavy atom. The van der Waals surface area contributed by atoms with E-state index in [1.165, 1.54) is 7.11 Å². The van der Waals surface area contributed by atoms with Crippen molar-refractivity contribution in [3.05, 3.63) is 29.3 Å². The lowest BCUT2D eigenvalue weighted by Gasteiger charge is -2.35. The molecule has 0 spiro atoms. The van der Waals surface area contributed by atoms with Crippen LogP contribution in [0.3, 0.4) is 0 Å². The highest BCUT2D eigenvalue weighted by Crippen LogP contribution is 2.24. The van der Waals surface area contributed by atoms with E-state index in [0.717, 1.165) is 5.56 Å². The largest absolute Gasteiger partial charge is 0.496 e. The molecule has 1 fully saturated rings. The minimum atomic E-state index is -0.945. The molecular formula is C15H19NO5. The van der Waals surface area contributed by atoms with Crippen LogP contribution in [-0.2, 0) is 9.53 Å². The highest BCUT2D eigenvalue weighted by Gasteiger charge is 2.31. The van der Waals surface area contributed by atoms with Crippen molar-refractivity contribution in [3.8, 4) is 5.75 Å². The van der Waals surface area contributed by atoms with Gasteiger partial charge in [0.15, 0.2) is 0 Å². The van der Waals surface area contributed by atoms with E-state index < -0.39 is 12.0 Å². The van der Waals surface area contributed by atoms with E-state index in [-0.39, 0.29) is 18.9 Å². The molecule has 1 atom stereocenters. The molecule has 0 aromatic heterocycles. The summed E-state index contributed by atoms with van der Waals surface area (Å²) >= 11 is 0. The van der Waals surface area contributed by atoms with Crippen molar-refractivity contribution < 1.29 is 24.2 Å². The van der Waals surface area contributed by atoms with Gasteiger partial charge < -0.3 is 19.5 Å². The number of carboxylic acids is 1. The molecule has 6 heteroatoms. The van der Waals surface area contributed by atoms with Gasteiger partial charge in [0.2, 0.25) is 0 Å². The second-order valence-corrected chi connectivity index (χ2v) is 5.03. The Morgan fingerprint density at radius 3 is 2.90 bits per heavy atom. The molecule has 1 N–H and O–H groups in total. The number of amides is 1. The van der Waals surface area contributed by atoms with Crippen molar-refractivity contribution in [1.82, 2.24) is 4.90 Å². The predicted molar refractivity (Wildman–Crippen MR) is 75.6 cm³/mol. The summed E-state index contributed by atoms with van der Waals surface area (Å²) in [5.74, 6) is -0.671. The number of aryl methyl sites for hydroxylation is 1. The molecule has 6 nitrogen and oxygen atoms in total. The van der Waals surface area contributed by atoms with E-state index in [4.69, 9.17) is 14.6 Å². The highest BCUT2D eigenvalue weighted by atomic mass is 16.5. The third kappa shape index (κ3) is 3.52. The lowest BCUT2D eigenvalue weighted by atomic mass is 10.1. The van der Waals surface area contributed by atoms with E-state index in [1.54, 1.807) is 17.0 Å². The van der Waals surface area contributed by atoms with Gasteiger partial charge in [-0.05, 0) is 19.1 Å². The Balaban J connectivity index is 2.28. The van der Waals surface area contributed by atoms with Crippen LogP contribution in [0.1, 0.15) is 22.3 Å². The van der Waals surface area contributed by atoms with Gasteiger partial charge in [0.05, 0.1) is 38.3 Å². The van der Waals surface area contributed by atoms with Crippen LogP contribution in [0, 0.1) is 6.92 Å². The SMILES string of the molecule is COc1ccc(C)cc1C(=O)N1CCOCC1CC(=O)O. The standard InChI is InChI=1S/C15H19NO5/c1-10-3-4-13(20-2)12(7-10)15(19)16-5-6-21-9-11(16)8-14(17)18/h3-4,7,11H,5-6,8-9H2,1-2H3,(H,17,18). The molecule has 2 rings (SSSR count). The van der Waals surface area contributed by atoms with Gasteiger partial charge in [-0.3, -0.25) is 9.59 Å². The number of carbonyl (C=O) groups is 2. The molecule has 1 heterocycles. The van der Waals surface area contributed by atoms with Crippen molar-refractivity contribution in [2.75, 3.05) is 26.9 Å². The van der Waals surface area contributed by atoms with Crippen LogP contribution in [0.5, 0.6) is 5.75 Å². The van der Waals surface area contributed by atoms with Gasteiger partial charge in [-0.15, -0.1) is 0 Å². The molecule has 1 unspecified atom stereocenters. The van der Waals surface area contributed by atoms with Crippen molar-refractivity contribution in [2.24, 2.45) is 0 Å². The zero-order valence-electron chi connectivity index (χ0n) is 12.2. The lowest BCUT2D eigenvalue weighted by Crippen LogP contribution is -2.49. The third-order valence-corrected chi connectivity index (χ3v) is 3.48. The number of benzene rings is 1. The van der Waals surface area contributed by atoms with Gasteiger partial charge in [-0.2, -0.15) is 0 Å². The second-order valence-electron chi connectivity index (χ2n) is 5.03. The summed E-state index contributed by atoms with van der Waals surface area (Å²) in [4.78, 5) is 25.2. The first-order chi connectivity index (χ1) is 10.0. The fourth-order valence-electron chi connectivity index (χ4n) is 2.44. The Hall–Kier alpha value is -2.08. The first kappa shape index (κ1) is 15.3. The van der Waals surface area contributed by atoms with Gasteiger partial charge in [-0.25, -0.2) is 0 Å². The summed E-state index contributed by atoms with van der Waals surface area (Å²) in [5.41, 5.74) is 1.40. The molecular weight excluding hydrogens is 274 g/mol. The molecule has 1 aliphatic rings. The second kappa shape index (κ2) is 6.58. The third-order valence-electron chi connectivity index (χ3n) is 3.48. The summed E-state index contributed by atoms with van der Waals surface area (Å²) in [6.07, 6.45) is -0.125. The average Bonchev–Trinajstić information content (AvgIpc) is 2.46. The van der Waals surface area contributed by atoms with Crippen LogP contribution in [-0.4, -0.2) is 54.8 Å². The zero-order chi connectivity index (χ0) is 15.4. The molecule has 0 aliphatic carbocycles. The lowest BCUT2D eigenvalue weighted by molar-refractivity contribution is -0.139. The number of carbonyl (C=O) groups excluding carboxylic acids is 1. The molecule has 114 valence electrons. The topological polar surface area (TPSA) is 76.1 Å². The van der Waals surface area contributed by atoms with Crippen LogP contribution >= 0.6 is 0 Å². The molecule has 1 aromatic carbocycles. The van der Waals surface area contributed by atoms with E-state index in [2.05, 4.69) is 0 Å². The summed E-state index contributed by atoms with van der Waals surface area (Å²) in [5, 5.41) is 8.96. The summed E-state index contributed by atoms with van der Waals surface area (Å²) in [7, 11) is 1.51. The van der Waals surface area contributed by atoms with Crippen molar-refractivity contribution in [2.45, 2.75) is 19.4 Å². The smallest absolute Gasteiger partial charge is 0.305 e. The quantitative estimate of drug-likeness (QED) is 0.906. The Labute approximate surface area is 123 Å². The number of nitrogens with zero attached hydrogens (tertiary/aromatic N) is 1. The number of hydrogen-bond acceptors (Lipinski definition) is 4. The van der Waals surface area contributed by atoms with Crippen LogP contribution in [0.2, 0.25) is 0 Å². The summed E-state index contributed by atoms with van der Waals surface area (Å²) in [6.45, 7) is 2.93. The molecule has 0 bridgehead atoms. The maximum atomic E-state index is 12.7. The number of hydrogen-bond donors (Lipinski definition) is 1. The molecule has 21 heavy (non-hydrogen) atoms. The number of rotatable bonds is 4. The number of morpholine rings is 1. The molecule has 1 aliphatic heterocycles. The van der Waals surface area contributed by atoms with Crippen LogP contribution in [0.4, 0.5) is 0 Å². The monoisotopic (exact) mass is 293 g/mol. The Kier molecular flexibility index (Phi) is 4.80. The van der Waals surface area contributed by atoms with Gasteiger partial charge in [0.25, 0.3) is 5.91 Å². The Bertz CT molecular complexity index is 543.